The van der Waals surface area contributed by atoms with Gasteiger partial charge in [-0.2, -0.15) is 4.31 Å². The lowest BCUT2D eigenvalue weighted by Gasteiger charge is -2.45. The van der Waals surface area contributed by atoms with Crippen molar-refractivity contribution in [3.63, 3.8) is 0 Å². The van der Waals surface area contributed by atoms with Crippen LogP contribution in [0.15, 0.2) is 23.2 Å². The Morgan fingerprint density at radius 1 is 1.36 bits per heavy atom. The number of aromatic nitrogens is 1. The number of ether oxygens (including phenoxy) is 2. The lowest BCUT2D eigenvalue weighted by atomic mass is 9.95. The maximum Gasteiger partial charge on any atom is 0.244 e. The summed E-state index contributed by atoms with van der Waals surface area (Å²) < 4.78 is 37.7. The molecule has 1 spiro atoms. The third-order valence-corrected chi connectivity index (χ3v) is 6.43. The van der Waals surface area contributed by atoms with Crippen molar-refractivity contribution in [3.8, 4) is 5.88 Å². The van der Waals surface area contributed by atoms with Crippen molar-refractivity contribution in [1.82, 2.24) is 14.2 Å². The summed E-state index contributed by atoms with van der Waals surface area (Å²) in [6.45, 7) is 2.90. The second-order valence-electron chi connectivity index (χ2n) is 5.82. The molecule has 2 aliphatic rings. The van der Waals surface area contributed by atoms with Gasteiger partial charge in [-0.25, -0.2) is 13.4 Å². The summed E-state index contributed by atoms with van der Waals surface area (Å²) in [5.41, 5.74) is -0.203. The number of methoxy groups -OCH3 is 1. The summed E-state index contributed by atoms with van der Waals surface area (Å²) in [7, 11) is -0.00472. The number of sulfonamides is 1. The van der Waals surface area contributed by atoms with E-state index in [1.807, 2.05) is 7.05 Å². The molecule has 0 N–H and O–H groups in total. The number of hydrogen-bond donors (Lipinski definition) is 0. The minimum atomic E-state index is -3.54. The Hall–Kier alpha value is -1.22. The first-order valence-corrected chi connectivity index (χ1v) is 8.71. The Kier molecular flexibility index (Phi) is 4.11. The van der Waals surface area contributed by atoms with E-state index in [2.05, 4.69) is 9.88 Å². The first-order chi connectivity index (χ1) is 10.5. The molecular formula is C14H21N3O4S. The number of pyridine rings is 1. The Labute approximate surface area is 130 Å². The molecule has 0 bridgehead atoms. The Morgan fingerprint density at radius 2 is 2.18 bits per heavy atom. The zero-order valence-electron chi connectivity index (χ0n) is 12.9. The van der Waals surface area contributed by atoms with Crippen molar-refractivity contribution < 1.29 is 17.9 Å². The number of piperazine rings is 1. The van der Waals surface area contributed by atoms with Gasteiger partial charge in [-0.3, -0.25) is 4.90 Å². The maximum atomic E-state index is 12.8. The van der Waals surface area contributed by atoms with E-state index in [9.17, 15) is 8.42 Å². The van der Waals surface area contributed by atoms with Gasteiger partial charge >= 0.3 is 0 Å². The predicted molar refractivity (Wildman–Crippen MR) is 80.3 cm³/mol. The first kappa shape index (κ1) is 15.7. The van der Waals surface area contributed by atoms with Crippen LogP contribution < -0.4 is 4.74 Å². The largest absolute Gasteiger partial charge is 0.481 e. The van der Waals surface area contributed by atoms with Gasteiger partial charge in [0.1, 0.15) is 4.90 Å². The molecule has 2 saturated heterocycles. The molecule has 3 heterocycles. The summed E-state index contributed by atoms with van der Waals surface area (Å²) in [6.07, 6.45) is 2.21. The quantitative estimate of drug-likeness (QED) is 0.789. The Balaban J connectivity index is 1.85. The highest BCUT2D eigenvalue weighted by atomic mass is 32.2. The Morgan fingerprint density at radius 3 is 2.77 bits per heavy atom. The zero-order valence-corrected chi connectivity index (χ0v) is 13.7. The molecule has 2 aliphatic heterocycles. The van der Waals surface area contributed by atoms with E-state index in [-0.39, 0.29) is 10.4 Å². The van der Waals surface area contributed by atoms with Crippen LogP contribution in [0.25, 0.3) is 0 Å². The highest BCUT2D eigenvalue weighted by molar-refractivity contribution is 7.89. The monoisotopic (exact) mass is 327 g/mol. The highest BCUT2D eigenvalue weighted by Gasteiger charge is 2.46. The van der Waals surface area contributed by atoms with E-state index >= 15 is 0 Å². The van der Waals surface area contributed by atoms with Crippen LogP contribution >= 0.6 is 0 Å². The average molecular weight is 327 g/mol. The zero-order chi connectivity index (χ0) is 15.8. The van der Waals surface area contributed by atoms with Crippen molar-refractivity contribution in [2.24, 2.45) is 0 Å². The smallest absolute Gasteiger partial charge is 0.244 e. The third kappa shape index (κ3) is 2.60. The lowest BCUT2D eigenvalue weighted by Crippen LogP contribution is -2.62. The molecular weight excluding hydrogens is 306 g/mol. The number of likely N-dealkylation sites (N-methyl/N-ethyl adjacent to an activating group) is 1. The SMILES string of the molecule is COc1ccc(S(=O)(=O)N2CCN(C)C3(CCOC3)C2)cn1. The van der Waals surface area contributed by atoms with Gasteiger partial charge < -0.3 is 9.47 Å². The van der Waals surface area contributed by atoms with Gasteiger partial charge in [0.05, 0.1) is 25.5 Å². The van der Waals surface area contributed by atoms with E-state index in [0.29, 0.717) is 38.7 Å². The Bertz CT molecular complexity index is 626. The number of hydrogen-bond acceptors (Lipinski definition) is 6. The van der Waals surface area contributed by atoms with E-state index in [4.69, 9.17) is 9.47 Å². The average Bonchev–Trinajstić information content (AvgIpc) is 2.99. The van der Waals surface area contributed by atoms with Crippen LogP contribution in [-0.2, 0) is 14.8 Å². The third-order valence-electron chi connectivity index (χ3n) is 4.60. The molecule has 122 valence electrons. The molecule has 1 aromatic rings. The van der Waals surface area contributed by atoms with Gasteiger partial charge in [0, 0.05) is 32.3 Å². The highest BCUT2D eigenvalue weighted by Crippen LogP contribution is 2.31. The first-order valence-electron chi connectivity index (χ1n) is 7.27. The second-order valence-corrected chi connectivity index (χ2v) is 7.76. The fraction of sp³-hybridized carbons (Fsp3) is 0.643. The normalized spacial score (nSPS) is 27.4. The topological polar surface area (TPSA) is 72.0 Å². The molecule has 8 heteroatoms. The summed E-state index contributed by atoms with van der Waals surface area (Å²) in [5, 5.41) is 0. The van der Waals surface area contributed by atoms with Crippen molar-refractivity contribution in [2.45, 2.75) is 16.9 Å². The molecule has 2 fully saturated rings. The van der Waals surface area contributed by atoms with E-state index in [1.54, 1.807) is 10.4 Å². The van der Waals surface area contributed by atoms with Crippen molar-refractivity contribution in [2.75, 3.05) is 47.0 Å². The summed E-state index contributed by atoms with van der Waals surface area (Å²) in [4.78, 5) is 6.42. The lowest BCUT2D eigenvalue weighted by molar-refractivity contribution is 0.0375. The van der Waals surface area contributed by atoms with Crippen LogP contribution in [0.1, 0.15) is 6.42 Å². The van der Waals surface area contributed by atoms with Gasteiger partial charge in [0.15, 0.2) is 0 Å². The van der Waals surface area contributed by atoms with E-state index < -0.39 is 10.0 Å². The molecule has 0 aromatic carbocycles. The summed E-state index contributed by atoms with van der Waals surface area (Å²) in [5.74, 6) is 0.401. The van der Waals surface area contributed by atoms with Gasteiger partial charge in [-0.05, 0) is 19.5 Å². The summed E-state index contributed by atoms with van der Waals surface area (Å²) >= 11 is 0. The van der Waals surface area contributed by atoms with Crippen LogP contribution in [0.3, 0.4) is 0 Å². The molecule has 3 rings (SSSR count). The van der Waals surface area contributed by atoms with Gasteiger partial charge in [-0.15, -0.1) is 0 Å². The van der Waals surface area contributed by atoms with Crippen LogP contribution in [0.2, 0.25) is 0 Å². The van der Waals surface area contributed by atoms with E-state index in [0.717, 1.165) is 6.42 Å². The molecule has 0 amide bonds. The molecule has 0 aliphatic carbocycles. The molecule has 0 saturated carbocycles. The van der Waals surface area contributed by atoms with Gasteiger partial charge in [0.25, 0.3) is 0 Å². The molecule has 1 unspecified atom stereocenters. The van der Waals surface area contributed by atoms with Crippen molar-refractivity contribution in [1.29, 1.82) is 0 Å². The minimum absolute atomic E-state index is 0.201. The van der Waals surface area contributed by atoms with Gasteiger partial charge in [-0.1, -0.05) is 0 Å². The van der Waals surface area contributed by atoms with Crippen LogP contribution in [-0.4, -0.2) is 75.2 Å². The number of nitrogens with zero attached hydrogens (tertiary/aromatic N) is 3. The standard InChI is InChI=1S/C14H21N3O4S/c1-16-6-7-17(10-14(16)5-8-21-11-14)22(18,19)12-3-4-13(20-2)15-9-12/h3-4,9H,5-8,10-11H2,1-2H3. The second kappa shape index (κ2) is 5.77. The molecule has 22 heavy (non-hydrogen) atoms. The van der Waals surface area contributed by atoms with Crippen molar-refractivity contribution >= 4 is 10.0 Å². The predicted octanol–water partition coefficient (Wildman–Crippen LogP) is 0.185. The molecule has 0 radical (unpaired) electrons. The molecule has 1 aromatic heterocycles. The van der Waals surface area contributed by atoms with Crippen LogP contribution in [0.5, 0.6) is 5.88 Å². The van der Waals surface area contributed by atoms with E-state index in [1.165, 1.54) is 19.4 Å². The fourth-order valence-electron chi connectivity index (χ4n) is 3.04. The fourth-order valence-corrected chi connectivity index (χ4v) is 4.50. The van der Waals surface area contributed by atoms with Crippen LogP contribution in [0.4, 0.5) is 0 Å². The summed E-state index contributed by atoms with van der Waals surface area (Å²) in [6, 6.07) is 3.11. The van der Waals surface area contributed by atoms with Gasteiger partial charge in [0.2, 0.25) is 15.9 Å². The maximum absolute atomic E-state index is 12.8. The van der Waals surface area contributed by atoms with Crippen molar-refractivity contribution in [3.05, 3.63) is 18.3 Å². The number of rotatable bonds is 3. The molecule has 1 atom stereocenters. The molecule has 7 nitrogen and oxygen atoms in total. The van der Waals surface area contributed by atoms with Crippen LogP contribution in [0, 0.1) is 0 Å². The minimum Gasteiger partial charge on any atom is -0.481 e.